The molecule has 2 aromatic rings. The highest BCUT2D eigenvalue weighted by Crippen LogP contribution is 2.33. The molecule has 0 N–H and O–H groups in total. The number of hydrogen-bond acceptors (Lipinski definition) is 0. The highest BCUT2D eigenvalue weighted by Gasteiger charge is 2.14. The predicted molar refractivity (Wildman–Crippen MR) is 70.7 cm³/mol. The molecular weight excluding hydrogens is 230 g/mol. The fraction of sp³-hybridized carbons (Fsp3) is 0.250. The van der Waals surface area contributed by atoms with E-state index >= 15 is 0 Å². The maximum Gasteiger partial charge on any atom is 0.133 e. The normalized spacial score (nSPS) is 10.8. The standard InChI is InChI=1S/C16H16F2/c1-9-7-10(2)12(4)16(11(9)3)14-6-5-13(17)8-15(14)18/h5-8H,1-4H3. The number of rotatable bonds is 1. The Hall–Kier alpha value is -1.70. The second kappa shape index (κ2) is 4.52. The Balaban J connectivity index is 2.78. The van der Waals surface area contributed by atoms with Crippen LogP contribution in [0.2, 0.25) is 0 Å². The molecule has 0 unspecified atom stereocenters. The third kappa shape index (κ3) is 2.03. The SMILES string of the molecule is Cc1cc(C)c(C)c(-c2ccc(F)cc2F)c1C. The molecule has 0 bridgehead atoms. The molecule has 0 nitrogen and oxygen atoms in total. The average Bonchev–Trinajstić information content (AvgIpc) is 2.29. The molecule has 0 radical (unpaired) electrons. The Morgan fingerprint density at radius 3 is 1.83 bits per heavy atom. The van der Waals surface area contributed by atoms with E-state index in [9.17, 15) is 8.78 Å². The smallest absolute Gasteiger partial charge is 0.133 e. The maximum absolute atomic E-state index is 13.9. The largest absolute Gasteiger partial charge is 0.207 e. The minimum Gasteiger partial charge on any atom is -0.207 e. The van der Waals surface area contributed by atoms with Crippen molar-refractivity contribution in [1.82, 2.24) is 0 Å². The first kappa shape index (κ1) is 12.7. The summed E-state index contributed by atoms with van der Waals surface area (Å²) in [7, 11) is 0. The minimum absolute atomic E-state index is 0.471. The van der Waals surface area contributed by atoms with Crippen molar-refractivity contribution in [2.24, 2.45) is 0 Å². The molecule has 0 saturated heterocycles. The first-order valence-corrected chi connectivity index (χ1v) is 5.94. The van der Waals surface area contributed by atoms with Gasteiger partial charge in [-0.05, 0) is 67.6 Å². The van der Waals surface area contributed by atoms with Crippen molar-refractivity contribution >= 4 is 0 Å². The molecule has 0 aliphatic rings. The molecule has 0 spiro atoms. The van der Waals surface area contributed by atoms with E-state index in [1.54, 1.807) is 0 Å². The lowest BCUT2D eigenvalue weighted by Gasteiger charge is -2.16. The summed E-state index contributed by atoms with van der Waals surface area (Å²) in [5.74, 6) is -1.05. The molecule has 2 rings (SSSR count). The lowest BCUT2D eigenvalue weighted by atomic mass is 9.89. The molecule has 0 fully saturated rings. The monoisotopic (exact) mass is 246 g/mol. The maximum atomic E-state index is 13.9. The topological polar surface area (TPSA) is 0 Å². The molecule has 0 saturated carbocycles. The van der Waals surface area contributed by atoms with Crippen LogP contribution in [0.25, 0.3) is 11.1 Å². The van der Waals surface area contributed by atoms with Crippen LogP contribution in [-0.2, 0) is 0 Å². The van der Waals surface area contributed by atoms with Gasteiger partial charge in [-0.1, -0.05) is 6.07 Å². The first-order chi connectivity index (χ1) is 8.41. The lowest BCUT2D eigenvalue weighted by molar-refractivity contribution is 0.585. The van der Waals surface area contributed by atoms with Gasteiger partial charge in [0.05, 0.1) is 0 Å². The van der Waals surface area contributed by atoms with Crippen LogP contribution >= 0.6 is 0 Å². The summed E-state index contributed by atoms with van der Waals surface area (Å²) < 4.78 is 26.9. The molecule has 94 valence electrons. The summed E-state index contributed by atoms with van der Waals surface area (Å²) in [5, 5.41) is 0. The van der Waals surface area contributed by atoms with E-state index in [0.717, 1.165) is 33.9 Å². The van der Waals surface area contributed by atoms with Crippen molar-refractivity contribution < 1.29 is 8.78 Å². The molecule has 0 amide bonds. The zero-order valence-corrected chi connectivity index (χ0v) is 11.1. The van der Waals surface area contributed by atoms with Gasteiger partial charge in [-0.3, -0.25) is 0 Å². The summed E-state index contributed by atoms with van der Waals surface area (Å²) in [4.78, 5) is 0. The van der Waals surface area contributed by atoms with Crippen LogP contribution in [-0.4, -0.2) is 0 Å². The first-order valence-electron chi connectivity index (χ1n) is 5.94. The fourth-order valence-corrected chi connectivity index (χ4v) is 2.31. The Morgan fingerprint density at radius 1 is 0.778 bits per heavy atom. The third-order valence-electron chi connectivity index (χ3n) is 3.57. The molecule has 0 aliphatic heterocycles. The Morgan fingerprint density at radius 2 is 1.33 bits per heavy atom. The second-order valence-electron chi connectivity index (χ2n) is 4.76. The van der Waals surface area contributed by atoms with Gasteiger partial charge in [0, 0.05) is 11.6 Å². The van der Waals surface area contributed by atoms with Crippen LogP contribution in [0.5, 0.6) is 0 Å². The fourth-order valence-electron chi connectivity index (χ4n) is 2.31. The van der Waals surface area contributed by atoms with Gasteiger partial charge < -0.3 is 0 Å². The van der Waals surface area contributed by atoms with Crippen LogP contribution in [0.4, 0.5) is 8.78 Å². The van der Waals surface area contributed by atoms with Gasteiger partial charge in [0.1, 0.15) is 11.6 Å². The van der Waals surface area contributed by atoms with E-state index in [2.05, 4.69) is 6.07 Å². The Bertz CT molecular complexity index is 587. The van der Waals surface area contributed by atoms with Gasteiger partial charge in [-0.25, -0.2) is 8.78 Å². The van der Waals surface area contributed by atoms with Crippen molar-refractivity contribution in [3.05, 3.63) is 58.2 Å². The average molecular weight is 246 g/mol. The van der Waals surface area contributed by atoms with Gasteiger partial charge in [-0.2, -0.15) is 0 Å². The third-order valence-corrected chi connectivity index (χ3v) is 3.57. The van der Waals surface area contributed by atoms with Crippen molar-refractivity contribution in [3.8, 4) is 11.1 Å². The summed E-state index contributed by atoms with van der Waals surface area (Å²) in [6.07, 6.45) is 0. The van der Waals surface area contributed by atoms with Crippen LogP contribution in [0.1, 0.15) is 22.3 Å². The van der Waals surface area contributed by atoms with Crippen molar-refractivity contribution in [2.75, 3.05) is 0 Å². The summed E-state index contributed by atoms with van der Waals surface area (Å²) >= 11 is 0. The minimum atomic E-state index is -0.545. The molecule has 0 heterocycles. The van der Waals surface area contributed by atoms with Gasteiger partial charge in [-0.15, -0.1) is 0 Å². The van der Waals surface area contributed by atoms with Gasteiger partial charge >= 0.3 is 0 Å². The number of halogens is 2. The molecule has 18 heavy (non-hydrogen) atoms. The molecule has 0 atom stereocenters. The summed E-state index contributed by atoms with van der Waals surface area (Å²) in [6.45, 7) is 7.96. The van der Waals surface area contributed by atoms with Gasteiger partial charge in [0.15, 0.2) is 0 Å². The zero-order valence-electron chi connectivity index (χ0n) is 11.1. The highest BCUT2D eigenvalue weighted by atomic mass is 19.1. The van der Waals surface area contributed by atoms with Crippen molar-refractivity contribution in [3.63, 3.8) is 0 Å². The van der Waals surface area contributed by atoms with E-state index in [0.29, 0.717) is 5.56 Å². The van der Waals surface area contributed by atoms with Crippen molar-refractivity contribution in [1.29, 1.82) is 0 Å². The summed E-state index contributed by atoms with van der Waals surface area (Å²) in [6, 6.07) is 5.84. The Labute approximate surface area is 106 Å². The summed E-state index contributed by atoms with van der Waals surface area (Å²) in [5.41, 5.74) is 5.68. The van der Waals surface area contributed by atoms with Crippen LogP contribution in [0.3, 0.4) is 0 Å². The lowest BCUT2D eigenvalue weighted by Crippen LogP contribution is -1.97. The second-order valence-corrected chi connectivity index (χ2v) is 4.76. The van der Waals surface area contributed by atoms with Gasteiger partial charge in [0.2, 0.25) is 0 Å². The van der Waals surface area contributed by atoms with E-state index in [1.807, 2.05) is 27.7 Å². The zero-order chi connectivity index (χ0) is 13.4. The van der Waals surface area contributed by atoms with Crippen LogP contribution in [0, 0.1) is 39.3 Å². The number of hydrogen-bond donors (Lipinski definition) is 0. The van der Waals surface area contributed by atoms with E-state index in [-0.39, 0.29) is 0 Å². The molecule has 0 aromatic heterocycles. The van der Waals surface area contributed by atoms with Gasteiger partial charge in [0.25, 0.3) is 0 Å². The van der Waals surface area contributed by atoms with Crippen molar-refractivity contribution in [2.45, 2.75) is 27.7 Å². The number of benzene rings is 2. The van der Waals surface area contributed by atoms with Crippen LogP contribution < -0.4 is 0 Å². The predicted octanol–water partition coefficient (Wildman–Crippen LogP) is 4.87. The number of aryl methyl sites for hydroxylation is 2. The molecular formula is C16H16F2. The van der Waals surface area contributed by atoms with E-state index in [4.69, 9.17) is 0 Å². The van der Waals surface area contributed by atoms with E-state index in [1.165, 1.54) is 12.1 Å². The Kier molecular flexibility index (Phi) is 3.20. The molecule has 2 aromatic carbocycles. The molecule has 2 heteroatoms. The quantitative estimate of drug-likeness (QED) is 0.673. The van der Waals surface area contributed by atoms with Crippen LogP contribution in [0.15, 0.2) is 24.3 Å². The van der Waals surface area contributed by atoms with E-state index < -0.39 is 11.6 Å². The molecule has 0 aliphatic carbocycles. The highest BCUT2D eigenvalue weighted by molar-refractivity contribution is 5.73.